The summed E-state index contributed by atoms with van der Waals surface area (Å²) >= 11 is 0. The monoisotopic (exact) mass is 416 g/mol. The lowest BCUT2D eigenvalue weighted by molar-refractivity contribution is -0.140. The van der Waals surface area contributed by atoms with Crippen LogP contribution in [0.4, 0.5) is 0 Å². The highest BCUT2D eigenvalue weighted by Crippen LogP contribution is 2.49. The van der Waals surface area contributed by atoms with E-state index >= 15 is 0 Å². The van der Waals surface area contributed by atoms with Crippen molar-refractivity contribution < 1.29 is 38.3 Å². The van der Waals surface area contributed by atoms with Gasteiger partial charge in [-0.15, -0.1) is 0 Å². The van der Waals surface area contributed by atoms with Gasteiger partial charge in [-0.05, 0) is 35.4 Å². The number of esters is 1. The zero-order valence-corrected chi connectivity index (χ0v) is 17.3. The van der Waals surface area contributed by atoms with Gasteiger partial charge in [0.15, 0.2) is 23.0 Å². The summed E-state index contributed by atoms with van der Waals surface area (Å²) in [4.78, 5) is 12.2. The molecule has 1 fully saturated rings. The second-order valence-electron chi connectivity index (χ2n) is 7.29. The summed E-state index contributed by atoms with van der Waals surface area (Å²) in [5.41, 5.74) is 1.67. The minimum atomic E-state index is -0.322. The van der Waals surface area contributed by atoms with Crippen molar-refractivity contribution in [1.82, 2.24) is 0 Å². The van der Waals surface area contributed by atoms with Gasteiger partial charge in [0, 0.05) is 11.8 Å². The van der Waals surface area contributed by atoms with E-state index < -0.39 is 0 Å². The van der Waals surface area contributed by atoms with E-state index in [-0.39, 0.29) is 54.4 Å². The molecular formula is C22H24O8. The van der Waals surface area contributed by atoms with Crippen molar-refractivity contribution in [2.75, 3.05) is 34.7 Å². The molecule has 0 spiro atoms. The largest absolute Gasteiger partial charge is 0.502 e. The topological polar surface area (TPSA) is 92.7 Å². The summed E-state index contributed by atoms with van der Waals surface area (Å²) in [5.74, 6) is 1.14. The SMILES string of the molecule is COc1cc(C(c2cc(OC)c3c(c2)OCO3)[C@@H]2COC(=O)[C@H]2C)cc(OC)c1O. The van der Waals surface area contributed by atoms with E-state index in [1.165, 1.54) is 14.2 Å². The Labute approximate surface area is 174 Å². The van der Waals surface area contributed by atoms with Gasteiger partial charge in [-0.25, -0.2) is 0 Å². The second-order valence-corrected chi connectivity index (χ2v) is 7.29. The minimum Gasteiger partial charge on any atom is -0.502 e. The van der Waals surface area contributed by atoms with Crippen LogP contribution in [0.1, 0.15) is 24.0 Å². The van der Waals surface area contributed by atoms with E-state index in [4.69, 9.17) is 28.4 Å². The third kappa shape index (κ3) is 3.22. The summed E-state index contributed by atoms with van der Waals surface area (Å²) in [5, 5.41) is 10.3. The molecule has 1 N–H and O–H groups in total. The third-order valence-electron chi connectivity index (χ3n) is 5.76. The molecule has 0 amide bonds. The summed E-state index contributed by atoms with van der Waals surface area (Å²) in [7, 11) is 4.51. The van der Waals surface area contributed by atoms with E-state index in [1.54, 1.807) is 19.2 Å². The number of cyclic esters (lactones) is 1. The predicted molar refractivity (Wildman–Crippen MR) is 106 cm³/mol. The highest BCUT2D eigenvalue weighted by molar-refractivity contribution is 5.75. The fourth-order valence-electron chi connectivity index (χ4n) is 4.12. The Morgan fingerprint density at radius 1 is 0.933 bits per heavy atom. The number of ether oxygens (including phenoxy) is 6. The Kier molecular flexibility index (Phi) is 5.24. The van der Waals surface area contributed by atoms with Gasteiger partial charge in [0.1, 0.15) is 0 Å². The fourth-order valence-corrected chi connectivity index (χ4v) is 4.12. The lowest BCUT2D eigenvalue weighted by atomic mass is 9.76. The Morgan fingerprint density at radius 2 is 1.53 bits per heavy atom. The Morgan fingerprint density at radius 3 is 2.10 bits per heavy atom. The maximum Gasteiger partial charge on any atom is 0.309 e. The molecular weight excluding hydrogens is 392 g/mol. The highest BCUT2D eigenvalue weighted by Gasteiger charge is 2.41. The Bertz CT molecular complexity index is 930. The van der Waals surface area contributed by atoms with E-state index in [2.05, 4.69) is 0 Å². The molecule has 8 heteroatoms. The van der Waals surface area contributed by atoms with Gasteiger partial charge in [-0.3, -0.25) is 4.79 Å². The zero-order chi connectivity index (χ0) is 21.4. The van der Waals surface area contributed by atoms with E-state index in [1.807, 2.05) is 19.1 Å². The van der Waals surface area contributed by atoms with E-state index in [0.717, 1.165) is 11.1 Å². The number of carbonyl (C=O) groups excluding carboxylic acids is 1. The average molecular weight is 416 g/mol. The summed E-state index contributed by atoms with van der Waals surface area (Å²) in [6.07, 6.45) is 0. The normalized spacial score (nSPS) is 20.6. The first-order chi connectivity index (χ1) is 14.5. The van der Waals surface area contributed by atoms with Crippen LogP contribution in [-0.4, -0.2) is 45.8 Å². The first-order valence-corrected chi connectivity index (χ1v) is 9.57. The molecule has 0 aliphatic carbocycles. The van der Waals surface area contributed by atoms with Crippen LogP contribution in [0.3, 0.4) is 0 Å². The molecule has 8 nitrogen and oxygen atoms in total. The zero-order valence-electron chi connectivity index (χ0n) is 17.3. The van der Waals surface area contributed by atoms with Crippen LogP contribution in [0.2, 0.25) is 0 Å². The fraction of sp³-hybridized carbons (Fsp3) is 0.409. The van der Waals surface area contributed by atoms with Crippen molar-refractivity contribution in [2.24, 2.45) is 11.8 Å². The van der Waals surface area contributed by atoms with Crippen LogP contribution in [0, 0.1) is 11.8 Å². The first-order valence-electron chi connectivity index (χ1n) is 9.57. The van der Waals surface area contributed by atoms with Crippen LogP contribution in [0.15, 0.2) is 24.3 Å². The van der Waals surface area contributed by atoms with Gasteiger partial charge >= 0.3 is 5.97 Å². The van der Waals surface area contributed by atoms with Crippen LogP contribution < -0.4 is 23.7 Å². The van der Waals surface area contributed by atoms with Gasteiger partial charge < -0.3 is 33.5 Å². The van der Waals surface area contributed by atoms with Gasteiger partial charge in [-0.1, -0.05) is 6.92 Å². The Hall–Kier alpha value is -3.29. The van der Waals surface area contributed by atoms with Gasteiger partial charge in [0.25, 0.3) is 0 Å². The number of rotatable bonds is 6. The van der Waals surface area contributed by atoms with Crippen molar-refractivity contribution in [3.8, 4) is 34.5 Å². The van der Waals surface area contributed by atoms with Gasteiger partial charge in [0.05, 0.1) is 33.9 Å². The van der Waals surface area contributed by atoms with Crippen LogP contribution >= 0.6 is 0 Å². The molecule has 160 valence electrons. The molecule has 2 aliphatic rings. The number of aromatic hydroxyl groups is 1. The van der Waals surface area contributed by atoms with Gasteiger partial charge in [-0.2, -0.15) is 0 Å². The number of hydrogen-bond donors (Lipinski definition) is 1. The summed E-state index contributed by atoms with van der Waals surface area (Å²) < 4.78 is 32.7. The lowest BCUT2D eigenvalue weighted by Crippen LogP contribution is -2.21. The molecule has 0 radical (unpaired) electrons. The molecule has 0 saturated carbocycles. The number of benzene rings is 2. The van der Waals surface area contributed by atoms with Crippen molar-refractivity contribution in [2.45, 2.75) is 12.8 Å². The molecule has 2 aromatic carbocycles. The maximum absolute atomic E-state index is 12.2. The average Bonchev–Trinajstić information content (AvgIpc) is 3.36. The molecule has 3 atom stereocenters. The number of phenols is 1. The second kappa shape index (κ2) is 7.85. The van der Waals surface area contributed by atoms with Gasteiger partial charge in [0.2, 0.25) is 18.3 Å². The molecule has 0 bridgehead atoms. The van der Waals surface area contributed by atoms with E-state index in [9.17, 15) is 9.90 Å². The first kappa shape index (κ1) is 20.0. The van der Waals surface area contributed by atoms with Crippen molar-refractivity contribution >= 4 is 5.97 Å². The molecule has 2 heterocycles. The van der Waals surface area contributed by atoms with Crippen LogP contribution in [0.5, 0.6) is 34.5 Å². The van der Waals surface area contributed by atoms with Crippen molar-refractivity contribution in [3.05, 3.63) is 35.4 Å². The number of fused-ring (bicyclic) bond motifs is 1. The number of methoxy groups -OCH3 is 3. The maximum atomic E-state index is 12.2. The summed E-state index contributed by atoms with van der Waals surface area (Å²) in [6.45, 7) is 2.24. The number of carbonyl (C=O) groups is 1. The van der Waals surface area contributed by atoms with Crippen molar-refractivity contribution in [1.29, 1.82) is 0 Å². The molecule has 2 aliphatic heterocycles. The molecule has 4 rings (SSSR count). The summed E-state index contributed by atoms with van der Waals surface area (Å²) in [6, 6.07) is 7.25. The predicted octanol–water partition coefficient (Wildman–Crippen LogP) is 3.09. The molecule has 2 aromatic rings. The molecule has 30 heavy (non-hydrogen) atoms. The molecule has 0 aromatic heterocycles. The minimum absolute atomic E-state index is 0.0856. The Balaban J connectivity index is 1.90. The molecule has 1 unspecified atom stereocenters. The standard InChI is InChI=1S/C22H24O8/c1-11-14(9-28-22(11)24)19(12-5-15(25-2)20(23)16(6-12)26-3)13-7-17(27-4)21-18(8-13)29-10-30-21/h5-8,11,14,19,23H,9-10H2,1-4H3/t11-,14+,19?/m0/s1. The smallest absolute Gasteiger partial charge is 0.309 e. The van der Waals surface area contributed by atoms with Crippen molar-refractivity contribution in [3.63, 3.8) is 0 Å². The third-order valence-corrected chi connectivity index (χ3v) is 5.76. The quantitative estimate of drug-likeness (QED) is 0.719. The molecule has 1 saturated heterocycles. The highest BCUT2D eigenvalue weighted by atomic mass is 16.7. The number of phenolic OH excluding ortho intramolecular Hbond substituents is 1. The number of hydrogen-bond acceptors (Lipinski definition) is 8. The van der Waals surface area contributed by atoms with Crippen LogP contribution in [0.25, 0.3) is 0 Å². The van der Waals surface area contributed by atoms with Crippen LogP contribution in [-0.2, 0) is 9.53 Å². The lowest BCUT2D eigenvalue weighted by Gasteiger charge is -2.27. The van der Waals surface area contributed by atoms with E-state index in [0.29, 0.717) is 17.2 Å².